The summed E-state index contributed by atoms with van der Waals surface area (Å²) >= 11 is 0. The summed E-state index contributed by atoms with van der Waals surface area (Å²) in [4.78, 5) is 36.1. The number of benzene rings is 2. The lowest BCUT2D eigenvalue weighted by molar-refractivity contribution is -0.142. The maximum Gasteiger partial charge on any atom is 0.407 e. The Kier molecular flexibility index (Phi) is 5.79. The number of rotatable bonds is 9. The predicted octanol–water partition coefficient (Wildman–Crippen LogP) is 3.53. The minimum Gasteiger partial charge on any atom is -0.480 e. The molecule has 3 atom stereocenters. The summed E-state index contributed by atoms with van der Waals surface area (Å²) in [5.74, 6) is -1.04. The highest BCUT2D eigenvalue weighted by Gasteiger charge is 2.44. The molecule has 2 aromatic carbocycles. The summed E-state index contributed by atoms with van der Waals surface area (Å²) in [6.45, 7) is 0.588. The van der Waals surface area contributed by atoms with Crippen molar-refractivity contribution < 1.29 is 24.2 Å². The van der Waals surface area contributed by atoms with E-state index in [0.29, 0.717) is 25.3 Å². The van der Waals surface area contributed by atoms with Crippen LogP contribution in [0.5, 0.6) is 0 Å². The second-order valence-corrected chi connectivity index (χ2v) is 9.39. The van der Waals surface area contributed by atoms with Crippen molar-refractivity contribution in [2.24, 2.45) is 17.8 Å². The van der Waals surface area contributed by atoms with Gasteiger partial charge in [-0.15, -0.1) is 0 Å². The molecule has 2 aromatic rings. The second-order valence-electron chi connectivity index (χ2n) is 9.39. The number of hydrogen-bond acceptors (Lipinski definition) is 4. The first kappa shape index (κ1) is 21.5. The maximum atomic E-state index is 12.4. The van der Waals surface area contributed by atoms with Crippen LogP contribution >= 0.6 is 0 Å². The number of amides is 2. The highest BCUT2D eigenvalue weighted by molar-refractivity contribution is 5.87. The summed E-state index contributed by atoms with van der Waals surface area (Å²) in [5.41, 5.74) is 4.67. The number of carboxylic acid groups (broad SMARTS) is 1. The van der Waals surface area contributed by atoms with E-state index < -0.39 is 18.1 Å². The Balaban J connectivity index is 1.09. The third-order valence-electron chi connectivity index (χ3n) is 6.99. The Bertz CT molecular complexity index is 1030. The van der Waals surface area contributed by atoms with Crippen molar-refractivity contribution >= 4 is 18.0 Å². The molecular formula is C26H28N2O5. The first-order chi connectivity index (χ1) is 16.0. The van der Waals surface area contributed by atoms with E-state index >= 15 is 0 Å². The van der Waals surface area contributed by atoms with Gasteiger partial charge < -0.3 is 20.5 Å². The minimum absolute atomic E-state index is 0.00187. The monoisotopic (exact) mass is 448 g/mol. The molecule has 3 aliphatic carbocycles. The molecule has 7 nitrogen and oxygen atoms in total. The quantitative estimate of drug-likeness (QED) is 0.544. The smallest absolute Gasteiger partial charge is 0.407 e. The van der Waals surface area contributed by atoms with Gasteiger partial charge in [0.2, 0.25) is 5.91 Å². The highest BCUT2D eigenvalue weighted by Crippen LogP contribution is 2.44. The van der Waals surface area contributed by atoms with Crippen LogP contribution in [0.25, 0.3) is 11.1 Å². The topological polar surface area (TPSA) is 105 Å². The molecule has 0 heterocycles. The largest absolute Gasteiger partial charge is 0.480 e. The molecule has 7 heteroatoms. The number of carbonyl (C=O) groups is 3. The standard InChI is InChI=1S/C26H28N2O5/c29-24(28-23(25(30)31)11-15-9-10-15)21-12-16(21)13-27-26(32)33-14-22-19-7-3-1-5-17(19)18-6-2-4-8-20(18)22/h1-8,15-16,21-23H,9-14H2,(H,27,32)(H,28,29)(H,30,31)/t16-,21-,23?/m0/s1. The molecule has 2 amide bonds. The maximum absolute atomic E-state index is 12.4. The van der Waals surface area contributed by atoms with Crippen molar-refractivity contribution in [3.05, 3.63) is 59.7 Å². The minimum atomic E-state index is -0.982. The molecule has 0 aliphatic heterocycles. The van der Waals surface area contributed by atoms with Crippen molar-refractivity contribution in [3.8, 4) is 11.1 Å². The highest BCUT2D eigenvalue weighted by atomic mass is 16.5. The Morgan fingerprint density at radius 3 is 2.24 bits per heavy atom. The number of carbonyl (C=O) groups excluding carboxylic acids is 2. The lowest BCUT2D eigenvalue weighted by atomic mass is 9.98. The molecule has 33 heavy (non-hydrogen) atoms. The fourth-order valence-electron chi connectivity index (χ4n) is 4.85. The van der Waals surface area contributed by atoms with Crippen LogP contribution < -0.4 is 10.6 Å². The fourth-order valence-corrected chi connectivity index (χ4v) is 4.85. The predicted molar refractivity (Wildman–Crippen MR) is 122 cm³/mol. The second kappa shape index (κ2) is 8.89. The van der Waals surface area contributed by atoms with Crippen LogP contribution in [0.3, 0.4) is 0 Å². The molecule has 2 saturated carbocycles. The lowest BCUT2D eigenvalue weighted by Crippen LogP contribution is -2.42. The van der Waals surface area contributed by atoms with Crippen LogP contribution in [-0.2, 0) is 14.3 Å². The van der Waals surface area contributed by atoms with E-state index in [2.05, 4.69) is 34.9 Å². The van der Waals surface area contributed by atoms with Gasteiger partial charge in [0.05, 0.1) is 0 Å². The SMILES string of the molecule is O=C(NC[C@@H]1C[C@@H]1C(=O)NC(CC1CC1)C(=O)O)OCC1c2ccccc2-c2ccccc21. The number of carboxylic acids is 1. The van der Waals surface area contributed by atoms with Crippen LogP contribution in [0.2, 0.25) is 0 Å². The Labute approximate surface area is 192 Å². The summed E-state index contributed by atoms with van der Waals surface area (Å²) in [6.07, 6.45) is 2.72. The zero-order chi connectivity index (χ0) is 22.9. The summed E-state index contributed by atoms with van der Waals surface area (Å²) in [5, 5.41) is 14.8. The molecule has 172 valence electrons. The van der Waals surface area contributed by atoms with Gasteiger partial charge in [0, 0.05) is 18.4 Å². The number of hydrogen-bond donors (Lipinski definition) is 3. The zero-order valence-corrected chi connectivity index (χ0v) is 18.3. The first-order valence-electron chi connectivity index (χ1n) is 11.6. The molecule has 0 aromatic heterocycles. The molecule has 3 N–H and O–H groups in total. The van der Waals surface area contributed by atoms with Gasteiger partial charge in [-0.2, -0.15) is 0 Å². The van der Waals surface area contributed by atoms with Gasteiger partial charge >= 0.3 is 12.1 Å². The molecule has 2 fully saturated rings. The molecule has 5 rings (SSSR count). The average Bonchev–Trinajstić information content (AvgIpc) is 3.74. The summed E-state index contributed by atoms with van der Waals surface area (Å²) in [7, 11) is 0. The van der Waals surface area contributed by atoms with Gasteiger partial charge in [-0.25, -0.2) is 9.59 Å². The molecular weight excluding hydrogens is 420 g/mol. The Hall–Kier alpha value is -3.35. The first-order valence-corrected chi connectivity index (χ1v) is 11.6. The van der Waals surface area contributed by atoms with E-state index in [-0.39, 0.29) is 30.3 Å². The van der Waals surface area contributed by atoms with Gasteiger partial charge in [-0.1, -0.05) is 61.4 Å². The third kappa shape index (κ3) is 4.72. The van der Waals surface area contributed by atoms with Crippen molar-refractivity contribution in [1.82, 2.24) is 10.6 Å². The molecule has 0 spiro atoms. The van der Waals surface area contributed by atoms with Crippen molar-refractivity contribution in [3.63, 3.8) is 0 Å². The molecule has 0 bridgehead atoms. The Morgan fingerprint density at radius 1 is 1.00 bits per heavy atom. The molecule has 0 radical (unpaired) electrons. The van der Waals surface area contributed by atoms with Crippen LogP contribution in [0.4, 0.5) is 4.79 Å². The number of ether oxygens (including phenoxy) is 1. The van der Waals surface area contributed by atoms with Gasteiger partial charge in [0.1, 0.15) is 12.6 Å². The van der Waals surface area contributed by atoms with E-state index in [1.165, 1.54) is 11.1 Å². The van der Waals surface area contributed by atoms with E-state index in [4.69, 9.17) is 4.74 Å². The lowest BCUT2D eigenvalue weighted by Gasteiger charge is -2.15. The molecule has 1 unspecified atom stereocenters. The number of fused-ring (bicyclic) bond motifs is 3. The molecule has 0 saturated heterocycles. The van der Waals surface area contributed by atoms with E-state index in [1.54, 1.807) is 0 Å². The van der Waals surface area contributed by atoms with E-state index in [1.807, 2.05) is 24.3 Å². The van der Waals surface area contributed by atoms with E-state index in [9.17, 15) is 19.5 Å². The zero-order valence-electron chi connectivity index (χ0n) is 18.3. The fraction of sp³-hybridized carbons (Fsp3) is 0.423. The van der Waals surface area contributed by atoms with Gasteiger partial charge in [0.15, 0.2) is 0 Å². The van der Waals surface area contributed by atoms with Crippen molar-refractivity contribution in [1.29, 1.82) is 0 Å². The number of alkyl carbamates (subject to hydrolysis) is 1. The normalized spacial score (nSPS) is 21.5. The van der Waals surface area contributed by atoms with Crippen LogP contribution in [0.15, 0.2) is 48.5 Å². The van der Waals surface area contributed by atoms with E-state index in [0.717, 1.165) is 24.0 Å². The van der Waals surface area contributed by atoms with Crippen molar-refractivity contribution in [2.75, 3.05) is 13.2 Å². The third-order valence-corrected chi connectivity index (χ3v) is 6.99. The number of aliphatic carboxylic acids is 1. The van der Waals surface area contributed by atoms with Crippen molar-refractivity contribution in [2.45, 2.75) is 37.6 Å². The van der Waals surface area contributed by atoms with Crippen LogP contribution in [-0.4, -0.2) is 42.3 Å². The molecule has 3 aliphatic rings. The van der Waals surface area contributed by atoms with Crippen LogP contribution in [0.1, 0.15) is 42.7 Å². The van der Waals surface area contributed by atoms with Gasteiger partial charge in [-0.05, 0) is 46.9 Å². The summed E-state index contributed by atoms with van der Waals surface area (Å²) in [6, 6.07) is 15.5. The van der Waals surface area contributed by atoms with Gasteiger partial charge in [0.25, 0.3) is 0 Å². The van der Waals surface area contributed by atoms with Gasteiger partial charge in [-0.3, -0.25) is 4.79 Å². The Morgan fingerprint density at radius 2 is 1.64 bits per heavy atom. The number of nitrogens with one attached hydrogen (secondary N) is 2. The average molecular weight is 449 g/mol. The van der Waals surface area contributed by atoms with Crippen LogP contribution in [0, 0.1) is 17.8 Å². The summed E-state index contributed by atoms with van der Waals surface area (Å²) < 4.78 is 5.53.